The predicted octanol–water partition coefficient (Wildman–Crippen LogP) is 2.60. The van der Waals surface area contributed by atoms with Crippen LogP contribution in [0.25, 0.3) is 11.4 Å². The summed E-state index contributed by atoms with van der Waals surface area (Å²) < 4.78 is 0.603. The lowest BCUT2D eigenvalue weighted by Gasteiger charge is -2.02. The highest BCUT2D eigenvalue weighted by Gasteiger charge is 2.02. The fourth-order valence-electron chi connectivity index (χ4n) is 1.42. The Morgan fingerprint density at radius 3 is 2.56 bits per heavy atom. The summed E-state index contributed by atoms with van der Waals surface area (Å²) in [6, 6.07) is 8.05. The van der Waals surface area contributed by atoms with Crippen LogP contribution in [-0.4, -0.2) is 9.97 Å². The highest BCUT2D eigenvalue weighted by molar-refractivity contribution is 14.1. The molecule has 1 aromatic carbocycles. The fraction of sp³-hybridized carbons (Fsp3) is 0.167. The van der Waals surface area contributed by atoms with E-state index in [1.54, 1.807) is 6.20 Å². The first-order valence-corrected chi connectivity index (χ1v) is 6.12. The van der Waals surface area contributed by atoms with Gasteiger partial charge in [-0.05, 0) is 34.6 Å². The molecule has 16 heavy (non-hydrogen) atoms. The highest BCUT2D eigenvalue weighted by atomic mass is 127. The molecule has 0 aliphatic rings. The number of hydrogen-bond donors (Lipinski definition) is 1. The van der Waals surface area contributed by atoms with Crippen molar-refractivity contribution >= 4 is 22.6 Å². The van der Waals surface area contributed by atoms with Gasteiger partial charge in [0.05, 0.1) is 3.57 Å². The van der Waals surface area contributed by atoms with Crippen molar-refractivity contribution in [2.75, 3.05) is 0 Å². The zero-order valence-corrected chi connectivity index (χ0v) is 11.0. The van der Waals surface area contributed by atoms with E-state index in [1.807, 2.05) is 46.9 Å². The Morgan fingerprint density at radius 1 is 1.31 bits per heavy atom. The molecule has 0 spiro atoms. The van der Waals surface area contributed by atoms with Gasteiger partial charge < -0.3 is 4.98 Å². The van der Waals surface area contributed by atoms with E-state index in [4.69, 9.17) is 0 Å². The molecule has 0 saturated heterocycles. The third-order valence-corrected chi connectivity index (χ3v) is 3.16. The summed E-state index contributed by atoms with van der Waals surface area (Å²) >= 11 is 1.97. The van der Waals surface area contributed by atoms with Gasteiger partial charge in [-0.25, -0.2) is 4.98 Å². The van der Waals surface area contributed by atoms with E-state index in [2.05, 4.69) is 16.9 Å². The van der Waals surface area contributed by atoms with Crippen molar-refractivity contribution < 1.29 is 0 Å². The molecule has 0 fully saturated rings. The first-order valence-electron chi connectivity index (χ1n) is 5.05. The van der Waals surface area contributed by atoms with Crippen LogP contribution in [0.4, 0.5) is 0 Å². The number of aryl methyl sites for hydroxylation is 1. The number of benzene rings is 1. The van der Waals surface area contributed by atoms with Crippen molar-refractivity contribution in [3.8, 4) is 11.4 Å². The maximum absolute atomic E-state index is 11.4. The van der Waals surface area contributed by atoms with Crippen molar-refractivity contribution in [2.45, 2.75) is 13.3 Å². The average Bonchev–Trinajstić information content (AvgIpc) is 2.33. The molecule has 2 rings (SSSR count). The fourth-order valence-corrected chi connectivity index (χ4v) is 1.70. The van der Waals surface area contributed by atoms with Crippen molar-refractivity contribution in [2.24, 2.45) is 0 Å². The molecule has 3 nitrogen and oxygen atoms in total. The van der Waals surface area contributed by atoms with Crippen LogP contribution in [0.2, 0.25) is 0 Å². The van der Waals surface area contributed by atoms with Gasteiger partial charge in [0.2, 0.25) is 0 Å². The summed E-state index contributed by atoms with van der Waals surface area (Å²) in [7, 11) is 0. The maximum atomic E-state index is 11.4. The van der Waals surface area contributed by atoms with Gasteiger partial charge in [0.1, 0.15) is 5.82 Å². The molecule has 2 aromatic rings. The molecule has 82 valence electrons. The lowest BCUT2D eigenvalue weighted by atomic mass is 10.1. The van der Waals surface area contributed by atoms with Crippen LogP contribution in [0.15, 0.2) is 35.3 Å². The first-order chi connectivity index (χ1) is 7.70. The molecule has 1 heterocycles. The van der Waals surface area contributed by atoms with Crippen LogP contribution in [0, 0.1) is 3.57 Å². The number of halogens is 1. The van der Waals surface area contributed by atoms with Crippen LogP contribution in [0.1, 0.15) is 12.5 Å². The maximum Gasteiger partial charge on any atom is 0.264 e. The number of nitrogens with one attached hydrogen (secondary N) is 1. The van der Waals surface area contributed by atoms with Gasteiger partial charge in [0.15, 0.2) is 0 Å². The van der Waals surface area contributed by atoms with E-state index in [0.29, 0.717) is 9.39 Å². The minimum atomic E-state index is -0.0924. The smallest absolute Gasteiger partial charge is 0.264 e. The topological polar surface area (TPSA) is 45.8 Å². The van der Waals surface area contributed by atoms with Gasteiger partial charge in [0.25, 0.3) is 5.56 Å². The third kappa shape index (κ3) is 2.32. The van der Waals surface area contributed by atoms with Gasteiger partial charge in [-0.15, -0.1) is 0 Å². The number of aromatic amines is 1. The second kappa shape index (κ2) is 4.78. The van der Waals surface area contributed by atoms with E-state index in [0.717, 1.165) is 12.0 Å². The summed E-state index contributed by atoms with van der Waals surface area (Å²) in [6.07, 6.45) is 2.60. The summed E-state index contributed by atoms with van der Waals surface area (Å²) in [5.41, 5.74) is 2.12. The molecule has 0 aliphatic heterocycles. The number of rotatable bonds is 2. The van der Waals surface area contributed by atoms with Crippen molar-refractivity contribution in [3.05, 3.63) is 49.9 Å². The number of aromatic nitrogens is 2. The molecule has 4 heteroatoms. The largest absolute Gasteiger partial charge is 0.306 e. The van der Waals surface area contributed by atoms with Crippen LogP contribution >= 0.6 is 22.6 Å². The number of nitrogens with zero attached hydrogens (tertiary/aromatic N) is 1. The Labute approximate surface area is 107 Å². The zero-order valence-electron chi connectivity index (χ0n) is 8.83. The van der Waals surface area contributed by atoms with E-state index in [-0.39, 0.29) is 5.56 Å². The summed E-state index contributed by atoms with van der Waals surface area (Å²) in [6.45, 7) is 2.11. The SMILES string of the molecule is CCc1ccc(-c2ncc(I)c(=O)[nH]2)cc1. The quantitative estimate of drug-likeness (QED) is 0.863. The minimum absolute atomic E-state index is 0.0924. The van der Waals surface area contributed by atoms with Crippen molar-refractivity contribution in [3.63, 3.8) is 0 Å². The molecule has 0 amide bonds. The van der Waals surface area contributed by atoms with Crippen molar-refractivity contribution in [1.82, 2.24) is 9.97 Å². The second-order valence-electron chi connectivity index (χ2n) is 3.46. The van der Waals surface area contributed by atoms with Gasteiger partial charge in [0, 0.05) is 11.8 Å². The predicted molar refractivity (Wildman–Crippen MR) is 72.4 cm³/mol. The van der Waals surface area contributed by atoms with Gasteiger partial charge in [-0.2, -0.15) is 0 Å². The molecular formula is C12H11IN2O. The lowest BCUT2D eigenvalue weighted by Crippen LogP contribution is -2.11. The Bertz CT molecular complexity index is 546. The van der Waals surface area contributed by atoms with Crippen LogP contribution in [0.5, 0.6) is 0 Å². The monoisotopic (exact) mass is 326 g/mol. The average molecular weight is 326 g/mol. The van der Waals surface area contributed by atoms with Crippen LogP contribution in [0.3, 0.4) is 0 Å². The Kier molecular flexibility index (Phi) is 3.38. The van der Waals surface area contributed by atoms with E-state index in [9.17, 15) is 4.79 Å². The zero-order chi connectivity index (χ0) is 11.5. The summed E-state index contributed by atoms with van der Waals surface area (Å²) in [5.74, 6) is 0.619. The van der Waals surface area contributed by atoms with E-state index in [1.165, 1.54) is 5.56 Å². The Morgan fingerprint density at radius 2 is 2.00 bits per heavy atom. The third-order valence-electron chi connectivity index (χ3n) is 2.39. The molecule has 0 unspecified atom stereocenters. The lowest BCUT2D eigenvalue weighted by molar-refractivity contribution is 1.10. The van der Waals surface area contributed by atoms with Gasteiger partial charge >= 0.3 is 0 Å². The Balaban J connectivity index is 2.42. The normalized spacial score (nSPS) is 10.4. The molecule has 0 atom stereocenters. The van der Waals surface area contributed by atoms with Gasteiger partial charge in [-0.1, -0.05) is 31.2 Å². The Hall–Kier alpha value is -1.17. The van der Waals surface area contributed by atoms with Crippen LogP contribution < -0.4 is 5.56 Å². The molecular weight excluding hydrogens is 315 g/mol. The van der Waals surface area contributed by atoms with E-state index < -0.39 is 0 Å². The van der Waals surface area contributed by atoms with Crippen LogP contribution in [-0.2, 0) is 6.42 Å². The highest BCUT2D eigenvalue weighted by Crippen LogP contribution is 2.14. The number of H-pyrrole nitrogens is 1. The van der Waals surface area contributed by atoms with Crippen molar-refractivity contribution in [1.29, 1.82) is 0 Å². The molecule has 1 N–H and O–H groups in total. The van der Waals surface area contributed by atoms with E-state index >= 15 is 0 Å². The molecule has 0 saturated carbocycles. The molecule has 0 bridgehead atoms. The summed E-state index contributed by atoms with van der Waals surface area (Å²) in [4.78, 5) is 18.4. The second-order valence-corrected chi connectivity index (χ2v) is 4.62. The first kappa shape index (κ1) is 11.3. The van der Waals surface area contributed by atoms with Gasteiger partial charge in [-0.3, -0.25) is 4.79 Å². The molecule has 0 aliphatic carbocycles. The number of hydrogen-bond acceptors (Lipinski definition) is 2. The molecule has 0 radical (unpaired) electrons. The standard InChI is InChI=1S/C12H11IN2O/c1-2-8-3-5-9(6-4-8)11-14-7-10(13)12(16)15-11/h3-7H,2H2,1H3,(H,14,15,16). The molecule has 1 aromatic heterocycles. The minimum Gasteiger partial charge on any atom is -0.306 e. The summed E-state index contributed by atoms with van der Waals surface area (Å²) in [5, 5.41) is 0.